The van der Waals surface area contributed by atoms with Crippen LogP contribution < -0.4 is 10.1 Å². The molecule has 0 aromatic heterocycles. The Labute approximate surface area is 127 Å². The predicted molar refractivity (Wildman–Crippen MR) is 83.1 cm³/mol. The number of aromatic carboxylic acids is 1. The number of rotatable bonds is 5. The summed E-state index contributed by atoms with van der Waals surface area (Å²) in [6.07, 6.45) is 3.55. The molecule has 0 spiro atoms. The third-order valence-electron chi connectivity index (χ3n) is 2.36. The average molecular weight is 307 g/mol. The van der Waals surface area contributed by atoms with E-state index in [1.54, 1.807) is 18.5 Å². The number of hydrogen-bond donors (Lipinski definition) is 2. The summed E-state index contributed by atoms with van der Waals surface area (Å²) in [6.45, 7) is 4.52. The molecular formula is C14H17N3O3S. The summed E-state index contributed by atoms with van der Waals surface area (Å²) >= 11 is 1.25. The normalized spacial score (nSPS) is 11.1. The van der Waals surface area contributed by atoms with Crippen molar-refractivity contribution in [3.05, 3.63) is 23.8 Å². The Bertz CT molecular complexity index is 579. The van der Waals surface area contributed by atoms with Crippen molar-refractivity contribution in [2.75, 3.05) is 12.9 Å². The predicted octanol–water partition coefficient (Wildman–Crippen LogP) is 2.84. The second-order valence-corrected chi connectivity index (χ2v) is 5.35. The fourth-order valence-electron chi connectivity index (χ4n) is 1.40. The number of hydrogen-bond acceptors (Lipinski definition) is 5. The summed E-state index contributed by atoms with van der Waals surface area (Å²) < 4.78 is 5.64. The molecule has 112 valence electrons. The third kappa shape index (κ3) is 5.36. The van der Waals surface area contributed by atoms with Gasteiger partial charge < -0.3 is 9.84 Å². The molecule has 0 fully saturated rings. The van der Waals surface area contributed by atoms with Crippen molar-refractivity contribution < 1.29 is 14.6 Å². The summed E-state index contributed by atoms with van der Waals surface area (Å²) in [5, 5.41) is 20.5. The molecule has 0 atom stereocenters. The maximum absolute atomic E-state index is 11.0. The molecule has 0 saturated heterocycles. The van der Waals surface area contributed by atoms with Crippen molar-refractivity contribution in [2.24, 2.45) is 10.9 Å². The number of carboxylic acid groups (broad SMARTS) is 1. The molecule has 6 nitrogen and oxygen atoms in total. The summed E-state index contributed by atoms with van der Waals surface area (Å²) in [5.74, 6) is -0.223. The van der Waals surface area contributed by atoms with Crippen LogP contribution in [-0.4, -0.2) is 29.1 Å². The molecule has 0 bridgehead atoms. The molecule has 0 aliphatic heterocycles. The molecule has 0 saturated carbocycles. The molecule has 0 amide bonds. The smallest absolute Gasteiger partial charge is 0.335 e. The lowest BCUT2D eigenvalue weighted by atomic mass is 10.2. The summed E-state index contributed by atoms with van der Waals surface area (Å²) in [6, 6.07) is 4.47. The van der Waals surface area contributed by atoms with Crippen LogP contribution in [0.4, 0.5) is 5.69 Å². The van der Waals surface area contributed by atoms with Gasteiger partial charge in [0, 0.05) is 0 Å². The van der Waals surface area contributed by atoms with Crippen molar-refractivity contribution >= 4 is 28.6 Å². The van der Waals surface area contributed by atoms with Gasteiger partial charge in [-0.3, -0.25) is 5.32 Å². The first-order valence-electron chi connectivity index (χ1n) is 6.25. The Morgan fingerprint density at radius 2 is 2.29 bits per heavy atom. The minimum Gasteiger partial charge on any atom is -0.491 e. The first-order chi connectivity index (χ1) is 9.97. The molecule has 0 heterocycles. The van der Waals surface area contributed by atoms with Crippen molar-refractivity contribution in [1.82, 2.24) is 5.32 Å². The highest BCUT2D eigenvalue weighted by Crippen LogP contribution is 2.30. The van der Waals surface area contributed by atoms with E-state index >= 15 is 0 Å². The van der Waals surface area contributed by atoms with Gasteiger partial charge >= 0.3 is 5.97 Å². The Hall–Kier alpha value is -2.20. The van der Waals surface area contributed by atoms with Gasteiger partial charge in [0.15, 0.2) is 11.4 Å². The third-order valence-corrected chi connectivity index (χ3v) is 2.94. The maximum atomic E-state index is 11.0. The number of benzene rings is 1. The minimum atomic E-state index is -1.04. The van der Waals surface area contributed by atoms with Crippen LogP contribution in [-0.2, 0) is 0 Å². The van der Waals surface area contributed by atoms with E-state index in [2.05, 4.69) is 10.3 Å². The summed E-state index contributed by atoms with van der Waals surface area (Å²) in [4.78, 5) is 15.3. The van der Waals surface area contributed by atoms with Gasteiger partial charge in [-0.25, -0.2) is 9.79 Å². The second-order valence-electron chi connectivity index (χ2n) is 4.55. The van der Waals surface area contributed by atoms with Gasteiger partial charge in [-0.05, 0) is 30.4 Å². The van der Waals surface area contributed by atoms with Gasteiger partial charge in [0.25, 0.3) is 0 Å². The molecule has 21 heavy (non-hydrogen) atoms. The maximum Gasteiger partial charge on any atom is 0.335 e. The van der Waals surface area contributed by atoms with Crippen LogP contribution in [0.25, 0.3) is 0 Å². The monoisotopic (exact) mass is 307 g/mol. The summed E-state index contributed by atoms with van der Waals surface area (Å²) in [7, 11) is 0. The van der Waals surface area contributed by atoms with E-state index < -0.39 is 5.97 Å². The lowest BCUT2D eigenvalue weighted by molar-refractivity contribution is 0.0697. The molecule has 1 rings (SSSR count). The molecule has 1 aromatic rings. The summed E-state index contributed by atoms with van der Waals surface area (Å²) in [5.41, 5.74) is 0.491. The fraction of sp³-hybridized carbons (Fsp3) is 0.357. The number of nitriles is 1. The Balaban J connectivity index is 3.19. The van der Waals surface area contributed by atoms with Gasteiger partial charge in [-0.15, -0.1) is 0 Å². The second kappa shape index (κ2) is 8.17. The van der Waals surface area contributed by atoms with Crippen LogP contribution in [0.5, 0.6) is 5.75 Å². The standard InChI is InChI=1S/C14H17N3O3S/c1-9(2)7-20-12-5-4-10(13(18)19)6-11(12)17-14(21-3)16-8-15/h4-6,9H,7H2,1-3H3,(H,16,17)(H,18,19). The van der Waals surface area contributed by atoms with Crippen molar-refractivity contribution in [3.8, 4) is 11.9 Å². The van der Waals surface area contributed by atoms with Crippen LogP contribution in [0.2, 0.25) is 0 Å². The number of carboxylic acids is 1. The molecule has 7 heteroatoms. The largest absolute Gasteiger partial charge is 0.491 e. The van der Waals surface area contributed by atoms with E-state index in [0.717, 1.165) is 0 Å². The highest BCUT2D eigenvalue weighted by atomic mass is 32.2. The highest BCUT2D eigenvalue weighted by molar-refractivity contribution is 8.13. The van der Waals surface area contributed by atoms with Crippen molar-refractivity contribution in [2.45, 2.75) is 13.8 Å². The van der Waals surface area contributed by atoms with Crippen LogP contribution >= 0.6 is 11.8 Å². The number of thioether (sulfide) groups is 1. The number of nitrogens with one attached hydrogen (secondary N) is 1. The molecule has 0 aliphatic carbocycles. The molecule has 0 aliphatic rings. The molecule has 0 radical (unpaired) electrons. The van der Waals surface area contributed by atoms with Crippen LogP contribution in [0.3, 0.4) is 0 Å². The average Bonchev–Trinajstić information content (AvgIpc) is 2.44. The number of carbonyl (C=O) groups is 1. The van der Waals surface area contributed by atoms with Gasteiger partial charge in [0.2, 0.25) is 0 Å². The molecular weight excluding hydrogens is 290 g/mol. The molecule has 2 N–H and O–H groups in total. The number of nitrogens with zero attached hydrogens (tertiary/aromatic N) is 2. The fourth-order valence-corrected chi connectivity index (χ4v) is 1.74. The van der Waals surface area contributed by atoms with Gasteiger partial charge in [-0.2, -0.15) is 5.26 Å². The van der Waals surface area contributed by atoms with Crippen molar-refractivity contribution in [1.29, 1.82) is 5.26 Å². The van der Waals surface area contributed by atoms with E-state index in [9.17, 15) is 4.79 Å². The first kappa shape index (κ1) is 16.9. The number of amidine groups is 1. The quantitative estimate of drug-likeness (QED) is 0.376. The van der Waals surface area contributed by atoms with E-state index in [1.165, 1.54) is 23.9 Å². The Kier molecular flexibility index (Phi) is 6.56. The van der Waals surface area contributed by atoms with Crippen LogP contribution in [0, 0.1) is 17.4 Å². The van der Waals surface area contributed by atoms with E-state index in [-0.39, 0.29) is 5.56 Å². The molecule has 0 unspecified atom stereocenters. The zero-order chi connectivity index (χ0) is 15.8. The number of ether oxygens (including phenoxy) is 1. The SMILES string of the molecule is CSC(=Nc1cc(C(=O)O)ccc1OCC(C)C)NC#N. The van der Waals surface area contributed by atoms with E-state index in [4.69, 9.17) is 15.1 Å². The lowest BCUT2D eigenvalue weighted by Gasteiger charge is -2.12. The topological polar surface area (TPSA) is 94.7 Å². The van der Waals surface area contributed by atoms with Gasteiger partial charge in [0.05, 0.1) is 12.2 Å². The van der Waals surface area contributed by atoms with Crippen molar-refractivity contribution in [3.63, 3.8) is 0 Å². The van der Waals surface area contributed by atoms with Crippen LogP contribution in [0.1, 0.15) is 24.2 Å². The van der Waals surface area contributed by atoms with E-state index in [0.29, 0.717) is 29.1 Å². The lowest BCUT2D eigenvalue weighted by Crippen LogP contribution is -2.13. The molecule has 1 aromatic carbocycles. The number of aliphatic imine (C=N–C) groups is 1. The zero-order valence-electron chi connectivity index (χ0n) is 12.1. The van der Waals surface area contributed by atoms with Crippen LogP contribution in [0.15, 0.2) is 23.2 Å². The minimum absolute atomic E-state index is 0.114. The van der Waals surface area contributed by atoms with Gasteiger partial charge in [0.1, 0.15) is 11.4 Å². The highest BCUT2D eigenvalue weighted by Gasteiger charge is 2.11. The Morgan fingerprint density at radius 3 is 2.81 bits per heavy atom. The zero-order valence-corrected chi connectivity index (χ0v) is 12.9. The van der Waals surface area contributed by atoms with E-state index in [1.807, 2.05) is 13.8 Å². The first-order valence-corrected chi connectivity index (χ1v) is 7.48. The Morgan fingerprint density at radius 1 is 1.57 bits per heavy atom. The van der Waals surface area contributed by atoms with Gasteiger partial charge in [-0.1, -0.05) is 25.6 Å².